The molecule has 0 saturated carbocycles. The molecule has 0 N–H and O–H groups in total. The molecule has 0 bridgehead atoms. The average molecular weight is 433 g/mol. The van der Waals surface area contributed by atoms with Crippen molar-refractivity contribution in [3.63, 3.8) is 0 Å². The van der Waals surface area contributed by atoms with E-state index in [1.807, 2.05) is 35.4 Å². The summed E-state index contributed by atoms with van der Waals surface area (Å²) < 4.78 is 11.3. The van der Waals surface area contributed by atoms with Crippen molar-refractivity contribution in [2.75, 3.05) is 57.5 Å². The first-order valence-corrected chi connectivity index (χ1v) is 11.3. The number of rotatable bonds is 4. The van der Waals surface area contributed by atoms with Gasteiger partial charge in [0.05, 0.1) is 31.9 Å². The normalized spacial score (nSPS) is 19.7. The van der Waals surface area contributed by atoms with Crippen LogP contribution < -0.4 is 4.90 Å². The van der Waals surface area contributed by atoms with E-state index in [4.69, 9.17) is 9.47 Å². The first kappa shape index (κ1) is 20.8. The fraction of sp³-hybridized carbons (Fsp3) is 0.400. The number of hydrogen-bond donors (Lipinski definition) is 0. The van der Waals surface area contributed by atoms with E-state index in [1.165, 1.54) is 5.56 Å². The number of nitrogens with zero attached hydrogens (tertiary/aromatic N) is 4. The highest BCUT2D eigenvalue weighted by Crippen LogP contribution is 2.20. The Labute approximate surface area is 188 Å². The Morgan fingerprint density at radius 2 is 1.84 bits per heavy atom. The van der Waals surface area contributed by atoms with Gasteiger partial charge in [-0.3, -0.25) is 9.78 Å². The number of para-hydroxylation sites is 1. The molecule has 2 aliphatic heterocycles. The maximum Gasteiger partial charge on any atom is 0.254 e. The summed E-state index contributed by atoms with van der Waals surface area (Å²) in [6, 6.07) is 14.0. The van der Waals surface area contributed by atoms with Crippen molar-refractivity contribution in [3.8, 4) is 0 Å². The van der Waals surface area contributed by atoms with Gasteiger partial charge >= 0.3 is 0 Å². The van der Waals surface area contributed by atoms with Crippen LogP contribution in [0.25, 0.3) is 10.9 Å². The first-order chi connectivity index (χ1) is 15.8. The van der Waals surface area contributed by atoms with Gasteiger partial charge in [0.1, 0.15) is 5.82 Å². The van der Waals surface area contributed by atoms with E-state index < -0.39 is 0 Å². The summed E-state index contributed by atoms with van der Waals surface area (Å²) in [6.07, 6.45) is 4.50. The summed E-state index contributed by atoms with van der Waals surface area (Å²) in [5, 5.41) is 1.14. The number of benzene rings is 1. The Bertz CT molecular complexity index is 1080. The molecule has 1 atom stereocenters. The highest BCUT2D eigenvalue weighted by atomic mass is 16.5. The van der Waals surface area contributed by atoms with Crippen molar-refractivity contribution in [2.45, 2.75) is 6.42 Å². The molecule has 166 valence electrons. The number of carbonyl (C=O) groups excluding carboxylic acids is 1. The minimum Gasteiger partial charge on any atom is -0.379 e. The summed E-state index contributed by atoms with van der Waals surface area (Å²) in [5.74, 6) is 1.10. The number of ether oxygens (including phenoxy) is 2. The van der Waals surface area contributed by atoms with Crippen molar-refractivity contribution in [1.29, 1.82) is 0 Å². The number of carbonyl (C=O) groups is 1. The molecule has 2 fully saturated rings. The zero-order valence-electron chi connectivity index (χ0n) is 18.2. The molecule has 2 saturated heterocycles. The first-order valence-electron chi connectivity index (χ1n) is 11.3. The summed E-state index contributed by atoms with van der Waals surface area (Å²) in [6.45, 7) is 5.43. The number of fused-ring (bicyclic) bond motifs is 1. The van der Waals surface area contributed by atoms with Crippen LogP contribution >= 0.6 is 0 Å². The minimum atomic E-state index is 0.0362. The highest BCUT2D eigenvalue weighted by molar-refractivity contribution is 5.95. The van der Waals surface area contributed by atoms with Gasteiger partial charge in [0, 0.05) is 55.4 Å². The largest absolute Gasteiger partial charge is 0.379 e. The third kappa shape index (κ3) is 4.74. The summed E-state index contributed by atoms with van der Waals surface area (Å²) in [5.41, 5.74) is 2.85. The molecule has 32 heavy (non-hydrogen) atoms. The van der Waals surface area contributed by atoms with Gasteiger partial charge < -0.3 is 19.3 Å². The second-order valence-corrected chi connectivity index (χ2v) is 8.43. The van der Waals surface area contributed by atoms with Gasteiger partial charge in [0.2, 0.25) is 0 Å². The third-order valence-corrected chi connectivity index (χ3v) is 6.12. The Hall–Kier alpha value is -3.03. The predicted octanol–water partition coefficient (Wildman–Crippen LogP) is 2.80. The van der Waals surface area contributed by atoms with Gasteiger partial charge in [-0.25, -0.2) is 4.98 Å². The molecule has 2 aromatic heterocycles. The van der Waals surface area contributed by atoms with Crippen molar-refractivity contribution < 1.29 is 14.3 Å². The lowest BCUT2D eigenvalue weighted by Gasteiger charge is -2.28. The molecule has 0 radical (unpaired) electrons. The van der Waals surface area contributed by atoms with Crippen LogP contribution in [0.4, 0.5) is 5.82 Å². The number of hydrogen-bond acceptors (Lipinski definition) is 6. The van der Waals surface area contributed by atoms with E-state index in [1.54, 1.807) is 12.3 Å². The smallest absolute Gasteiger partial charge is 0.254 e. The molecule has 4 heterocycles. The Balaban J connectivity index is 1.29. The Morgan fingerprint density at radius 3 is 2.75 bits per heavy atom. The van der Waals surface area contributed by atoms with Crippen LogP contribution in [0.15, 0.2) is 54.9 Å². The fourth-order valence-corrected chi connectivity index (χ4v) is 4.45. The monoisotopic (exact) mass is 432 g/mol. The molecule has 1 amide bonds. The zero-order valence-corrected chi connectivity index (χ0v) is 18.2. The lowest BCUT2D eigenvalue weighted by molar-refractivity contribution is 0.0737. The summed E-state index contributed by atoms with van der Waals surface area (Å²) in [4.78, 5) is 26.5. The molecule has 7 heteroatoms. The van der Waals surface area contributed by atoms with Crippen molar-refractivity contribution in [3.05, 3.63) is 66.0 Å². The molecule has 7 nitrogen and oxygen atoms in total. The summed E-state index contributed by atoms with van der Waals surface area (Å²) >= 11 is 0. The molecule has 1 aromatic carbocycles. The van der Waals surface area contributed by atoms with Gasteiger partial charge in [0.25, 0.3) is 5.91 Å². The van der Waals surface area contributed by atoms with Crippen molar-refractivity contribution in [2.24, 2.45) is 5.92 Å². The van der Waals surface area contributed by atoms with E-state index in [0.29, 0.717) is 45.1 Å². The van der Waals surface area contributed by atoms with Crippen LogP contribution in [-0.4, -0.2) is 73.4 Å². The lowest BCUT2D eigenvalue weighted by atomic mass is 9.99. The maximum atomic E-state index is 13.3. The van der Waals surface area contributed by atoms with Gasteiger partial charge in [-0.2, -0.15) is 0 Å². The molecule has 5 rings (SSSR count). The third-order valence-electron chi connectivity index (χ3n) is 6.12. The van der Waals surface area contributed by atoms with Gasteiger partial charge in [-0.05, 0) is 36.2 Å². The van der Waals surface area contributed by atoms with Gasteiger partial charge in [-0.15, -0.1) is 0 Å². The van der Waals surface area contributed by atoms with E-state index in [-0.39, 0.29) is 11.8 Å². The molecule has 0 spiro atoms. The van der Waals surface area contributed by atoms with Crippen LogP contribution in [0.2, 0.25) is 0 Å². The van der Waals surface area contributed by atoms with Gasteiger partial charge in [-0.1, -0.05) is 18.2 Å². The SMILES string of the molecule is O=C(c1ccnc(N2CCOCC2)c1)N1CCOC[C@H](Cc2cnc3ccccc3c2)C1. The van der Waals surface area contributed by atoms with Crippen LogP contribution in [0.5, 0.6) is 0 Å². The number of amides is 1. The zero-order chi connectivity index (χ0) is 21.8. The second kappa shape index (κ2) is 9.63. The number of anilines is 1. The van der Waals surface area contributed by atoms with Crippen molar-refractivity contribution >= 4 is 22.6 Å². The van der Waals surface area contributed by atoms with E-state index in [2.05, 4.69) is 27.0 Å². The Kier molecular flexibility index (Phi) is 6.27. The topological polar surface area (TPSA) is 67.8 Å². The van der Waals surface area contributed by atoms with Gasteiger partial charge in [0.15, 0.2) is 0 Å². The number of morpholine rings is 1. The van der Waals surface area contributed by atoms with E-state index in [9.17, 15) is 4.79 Å². The second-order valence-electron chi connectivity index (χ2n) is 8.43. The van der Waals surface area contributed by atoms with E-state index in [0.717, 1.165) is 36.2 Å². The van der Waals surface area contributed by atoms with Crippen LogP contribution in [0.3, 0.4) is 0 Å². The average Bonchev–Trinajstić information content (AvgIpc) is 3.10. The van der Waals surface area contributed by atoms with Crippen LogP contribution in [-0.2, 0) is 15.9 Å². The predicted molar refractivity (Wildman–Crippen MR) is 123 cm³/mol. The van der Waals surface area contributed by atoms with E-state index >= 15 is 0 Å². The molecule has 2 aliphatic rings. The molecule has 0 unspecified atom stereocenters. The molecular formula is C25H28N4O3. The highest BCUT2D eigenvalue weighted by Gasteiger charge is 2.25. The summed E-state index contributed by atoms with van der Waals surface area (Å²) in [7, 11) is 0. The standard InChI is InChI=1S/C25H28N4O3/c30-25(22-5-6-26-24(15-22)28-7-10-31-11-8-28)29-9-12-32-18-20(17-29)13-19-14-21-3-1-2-4-23(21)27-16-19/h1-6,14-16,20H,7-13,17-18H2/t20-/m1/s1. The lowest BCUT2D eigenvalue weighted by Crippen LogP contribution is -2.38. The van der Waals surface area contributed by atoms with Crippen LogP contribution in [0, 0.1) is 5.92 Å². The molecule has 3 aromatic rings. The fourth-order valence-electron chi connectivity index (χ4n) is 4.45. The Morgan fingerprint density at radius 1 is 1.00 bits per heavy atom. The van der Waals surface area contributed by atoms with Crippen LogP contribution in [0.1, 0.15) is 15.9 Å². The quantitative estimate of drug-likeness (QED) is 0.632. The molecule has 0 aliphatic carbocycles. The number of aromatic nitrogens is 2. The number of pyridine rings is 2. The minimum absolute atomic E-state index is 0.0362. The molecular weight excluding hydrogens is 404 g/mol. The van der Waals surface area contributed by atoms with Crippen molar-refractivity contribution in [1.82, 2.24) is 14.9 Å². The maximum absolute atomic E-state index is 13.3.